The SMILES string of the molecule is O=C(Cc1nnc(COC2CCCC2)s1)c1ccc(OC2CCC(C(=O)O)CC2)nc1. The Morgan fingerprint density at radius 2 is 1.74 bits per heavy atom. The molecule has 2 aromatic heterocycles. The largest absolute Gasteiger partial charge is 0.481 e. The zero-order valence-corrected chi connectivity index (χ0v) is 18.2. The molecule has 0 radical (unpaired) electrons. The van der Waals surface area contributed by atoms with Crippen molar-refractivity contribution in [1.29, 1.82) is 0 Å². The molecule has 0 atom stereocenters. The van der Waals surface area contributed by atoms with Gasteiger partial charge in [0.05, 0.1) is 18.4 Å². The van der Waals surface area contributed by atoms with E-state index in [2.05, 4.69) is 15.2 Å². The maximum Gasteiger partial charge on any atom is 0.306 e. The third-order valence-electron chi connectivity index (χ3n) is 5.93. The number of carboxylic acids is 1. The number of carboxylic acid groups (broad SMARTS) is 1. The molecule has 2 saturated carbocycles. The van der Waals surface area contributed by atoms with Crippen molar-refractivity contribution in [2.75, 3.05) is 0 Å². The van der Waals surface area contributed by atoms with Gasteiger partial charge in [-0.2, -0.15) is 0 Å². The van der Waals surface area contributed by atoms with E-state index in [9.17, 15) is 9.59 Å². The van der Waals surface area contributed by atoms with Crippen LogP contribution in [-0.4, -0.2) is 44.2 Å². The molecule has 31 heavy (non-hydrogen) atoms. The van der Waals surface area contributed by atoms with Gasteiger partial charge in [0.1, 0.15) is 22.7 Å². The van der Waals surface area contributed by atoms with Crippen molar-refractivity contribution >= 4 is 23.1 Å². The average Bonchev–Trinajstić information content (AvgIpc) is 3.45. The summed E-state index contributed by atoms with van der Waals surface area (Å²) in [7, 11) is 0. The first-order valence-corrected chi connectivity index (χ1v) is 11.7. The second-order valence-electron chi connectivity index (χ2n) is 8.22. The highest BCUT2D eigenvalue weighted by Gasteiger charge is 2.27. The first kappa shape index (κ1) is 21.8. The van der Waals surface area contributed by atoms with Gasteiger partial charge >= 0.3 is 5.97 Å². The fourth-order valence-electron chi connectivity index (χ4n) is 4.12. The van der Waals surface area contributed by atoms with E-state index in [0.29, 0.717) is 54.8 Å². The highest BCUT2D eigenvalue weighted by molar-refractivity contribution is 7.11. The topological polar surface area (TPSA) is 112 Å². The Morgan fingerprint density at radius 3 is 2.42 bits per heavy atom. The predicted octanol–water partition coefficient (Wildman–Crippen LogP) is 3.84. The number of carbonyl (C=O) groups excluding carboxylic acids is 1. The second-order valence-corrected chi connectivity index (χ2v) is 9.37. The monoisotopic (exact) mass is 445 g/mol. The van der Waals surface area contributed by atoms with Crippen LogP contribution in [0.15, 0.2) is 18.3 Å². The Hall–Kier alpha value is -2.39. The number of nitrogens with zero attached hydrogens (tertiary/aromatic N) is 3. The summed E-state index contributed by atoms with van der Waals surface area (Å²) in [6.45, 7) is 0.457. The molecule has 0 amide bonds. The van der Waals surface area contributed by atoms with Gasteiger partial charge in [0.15, 0.2) is 5.78 Å². The van der Waals surface area contributed by atoms with Gasteiger partial charge < -0.3 is 14.6 Å². The van der Waals surface area contributed by atoms with Gasteiger partial charge in [0.25, 0.3) is 0 Å². The Labute approximate surface area is 185 Å². The average molecular weight is 446 g/mol. The van der Waals surface area contributed by atoms with Crippen LogP contribution in [0.5, 0.6) is 5.88 Å². The molecule has 4 rings (SSSR count). The lowest BCUT2D eigenvalue weighted by Crippen LogP contribution is -2.28. The van der Waals surface area contributed by atoms with E-state index >= 15 is 0 Å². The molecule has 0 bridgehead atoms. The van der Waals surface area contributed by atoms with Crippen LogP contribution in [0.25, 0.3) is 0 Å². The summed E-state index contributed by atoms with van der Waals surface area (Å²) in [5, 5.41) is 18.8. The Kier molecular flexibility index (Phi) is 7.24. The Balaban J connectivity index is 1.24. The third kappa shape index (κ3) is 6.07. The van der Waals surface area contributed by atoms with Crippen molar-refractivity contribution in [2.45, 2.75) is 76.6 Å². The summed E-state index contributed by atoms with van der Waals surface area (Å²) in [5.41, 5.74) is 0.501. The van der Waals surface area contributed by atoms with Crippen LogP contribution >= 0.6 is 11.3 Å². The molecule has 9 heteroatoms. The molecule has 2 aliphatic carbocycles. The number of rotatable bonds is 9. The Bertz CT molecular complexity index is 887. The van der Waals surface area contributed by atoms with Crippen molar-refractivity contribution in [3.63, 3.8) is 0 Å². The van der Waals surface area contributed by atoms with E-state index in [1.165, 1.54) is 30.4 Å². The number of aromatic nitrogens is 3. The first-order chi connectivity index (χ1) is 15.1. The summed E-state index contributed by atoms with van der Waals surface area (Å²) in [6, 6.07) is 3.40. The van der Waals surface area contributed by atoms with E-state index in [1.54, 1.807) is 12.1 Å². The van der Waals surface area contributed by atoms with Crippen molar-refractivity contribution in [3.05, 3.63) is 33.9 Å². The Morgan fingerprint density at radius 1 is 1.00 bits per heavy atom. The van der Waals surface area contributed by atoms with Gasteiger partial charge in [0.2, 0.25) is 5.88 Å². The van der Waals surface area contributed by atoms with E-state index in [-0.39, 0.29) is 24.2 Å². The molecule has 0 spiro atoms. The van der Waals surface area contributed by atoms with Gasteiger partial charge in [0, 0.05) is 17.8 Å². The van der Waals surface area contributed by atoms with Crippen molar-refractivity contribution in [1.82, 2.24) is 15.2 Å². The summed E-state index contributed by atoms with van der Waals surface area (Å²) in [6.07, 6.45) is 9.30. The zero-order valence-electron chi connectivity index (χ0n) is 17.4. The van der Waals surface area contributed by atoms with Crippen LogP contribution in [0.2, 0.25) is 0 Å². The highest BCUT2D eigenvalue weighted by Crippen LogP contribution is 2.27. The lowest BCUT2D eigenvalue weighted by atomic mass is 9.87. The summed E-state index contributed by atoms with van der Waals surface area (Å²) < 4.78 is 11.7. The number of aliphatic carboxylic acids is 1. The molecular weight excluding hydrogens is 418 g/mol. The van der Waals surface area contributed by atoms with E-state index in [4.69, 9.17) is 14.6 Å². The number of ether oxygens (including phenoxy) is 2. The minimum absolute atomic E-state index is 0.0316. The van der Waals surface area contributed by atoms with Crippen LogP contribution < -0.4 is 4.74 Å². The normalized spacial score (nSPS) is 21.8. The fraction of sp³-hybridized carbons (Fsp3) is 0.591. The number of pyridine rings is 1. The maximum atomic E-state index is 12.6. The molecule has 2 heterocycles. The summed E-state index contributed by atoms with van der Waals surface area (Å²) in [5.74, 6) is -0.621. The number of hydrogen-bond donors (Lipinski definition) is 1. The highest BCUT2D eigenvalue weighted by atomic mass is 32.1. The maximum absolute atomic E-state index is 12.6. The van der Waals surface area contributed by atoms with Crippen LogP contribution in [0.4, 0.5) is 0 Å². The van der Waals surface area contributed by atoms with Gasteiger partial charge in [-0.15, -0.1) is 10.2 Å². The van der Waals surface area contributed by atoms with Crippen LogP contribution in [0, 0.1) is 5.92 Å². The summed E-state index contributed by atoms with van der Waals surface area (Å²) >= 11 is 1.41. The standard InChI is InChI=1S/C22H27N3O5S/c26-18(11-20-24-25-21(31-20)13-29-16-3-1-2-4-16)15-7-10-19(23-12-15)30-17-8-5-14(6-9-17)22(27)28/h7,10,12,14,16-17H,1-6,8-9,11,13H2,(H,27,28). The minimum atomic E-state index is -0.733. The van der Waals surface area contributed by atoms with E-state index in [0.717, 1.165) is 17.8 Å². The van der Waals surface area contributed by atoms with Crippen LogP contribution in [0.1, 0.15) is 71.7 Å². The smallest absolute Gasteiger partial charge is 0.306 e. The molecule has 2 aliphatic rings. The van der Waals surface area contributed by atoms with Crippen molar-refractivity contribution in [2.24, 2.45) is 5.92 Å². The lowest BCUT2D eigenvalue weighted by molar-refractivity contribution is -0.143. The van der Waals surface area contributed by atoms with Gasteiger partial charge in [-0.3, -0.25) is 9.59 Å². The zero-order chi connectivity index (χ0) is 21.6. The molecule has 0 saturated heterocycles. The minimum Gasteiger partial charge on any atom is -0.481 e. The molecule has 2 aromatic rings. The quantitative estimate of drug-likeness (QED) is 0.580. The van der Waals surface area contributed by atoms with Crippen LogP contribution in [-0.2, 0) is 22.6 Å². The molecule has 0 unspecified atom stereocenters. The molecule has 0 aliphatic heterocycles. The van der Waals surface area contributed by atoms with Gasteiger partial charge in [-0.05, 0) is 44.6 Å². The molecule has 1 N–H and O–H groups in total. The molecule has 8 nitrogen and oxygen atoms in total. The molecular formula is C22H27N3O5S. The van der Waals surface area contributed by atoms with Gasteiger partial charge in [-0.1, -0.05) is 24.2 Å². The number of carbonyl (C=O) groups is 2. The lowest BCUT2D eigenvalue weighted by Gasteiger charge is -2.26. The summed E-state index contributed by atoms with van der Waals surface area (Å²) in [4.78, 5) is 27.9. The fourth-order valence-corrected chi connectivity index (χ4v) is 4.88. The molecule has 2 fully saturated rings. The molecule has 166 valence electrons. The van der Waals surface area contributed by atoms with E-state index in [1.807, 2.05) is 0 Å². The van der Waals surface area contributed by atoms with Crippen molar-refractivity contribution in [3.8, 4) is 5.88 Å². The number of Topliss-reactive ketones (excluding diaryl/α,β-unsaturated/α-hetero) is 1. The predicted molar refractivity (Wildman–Crippen MR) is 113 cm³/mol. The van der Waals surface area contributed by atoms with Gasteiger partial charge in [-0.25, -0.2) is 4.98 Å². The van der Waals surface area contributed by atoms with E-state index < -0.39 is 5.97 Å². The second kappa shape index (κ2) is 10.3. The molecule has 0 aromatic carbocycles. The van der Waals surface area contributed by atoms with Crippen molar-refractivity contribution < 1.29 is 24.2 Å². The number of hydrogen-bond acceptors (Lipinski definition) is 8. The van der Waals surface area contributed by atoms with Crippen LogP contribution in [0.3, 0.4) is 0 Å². The first-order valence-electron chi connectivity index (χ1n) is 10.9. The number of ketones is 1. The third-order valence-corrected chi connectivity index (χ3v) is 6.83.